The average Bonchev–Trinajstić information content (AvgIpc) is 3.62. The van der Waals surface area contributed by atoms with Crippen LogP contribution in [0.25, 0.3) is 16.3 Å². The van der Waals surface area contributed by atoms with Gasteiger partial charge in [0.2, 0.25) is 5.91 Å². The van der Waals surface area contributed by atoms with Crippen LogP contribution in [0, 0.1) is 6.92 Å². The maximum atomic E-state index is 13.8. The predicted molar refractivity (Wildman–Crippen MR) is 155 cm³/mol. The second-order valence-corrected chi connectivity index (χ2v) is 10.9. The molecular weight excluding hydrogens is 569 g/mol. The Bertz CT molecular complexity index is 1610. The molecule has 1 aliphatic heterocycles. The first-order chi connectivity index (χ1) is 20.0. The molecule has 14 heteroatoms. The second kappa shape index (κ2) is 11.9. The highest BCUT2D eigenvalue weighted by Crippen LogP contribution is 2.35. The molecule has 220 valence electrons. The van der Waals surface area contributed by atoms with Gasteiger partial charge in [-0.1, -0.05) is 29.5 Å². The van der Waals surface area contributed by atoms with Crippen molar-refractivity contribution in [1.82, 2.24) is 24.9 Å². The highest BCUT2D eigenvalue weighted by molar-refractivity contribution is 7.19. The van der Waals surface area contributed by atoms with E-state index in [2.05, 4.69) is 37.8 Å². The number of piperazine rings is 1. The van der Waals surface area contributed by atoms with Gasteiger partial charge in [0, 0.05) is 56.2 Å². The molecule has 0 aliphatic carbocycles. The van der Waals surface area contributed by atoms with Gasteiger partial charge in [0.1, 0.15) is 5.69 Å². The van der Waals surface area contributed by atoms with E-state index in [4.69, 9.17) is 0 Å². The summed E-state index contributed by atoms with van der Waals surface area (Å²) in [5.74, 6) is -0.790. The monoisotopic (exact) mass is 598 g/mol. The summed E-state index contributed by atoms with van der Waals surface area (Å²) in [6.45, 7) is 8.88. The zero-order valence-electron chi connectivity index (χ0n) is 23.2. The summed E-state index contributed by atoms with van der Waals surface area (Å²) in [6.07, 6.45) is -1.32. The van der Waals surface area contributed by atoms with Gasteiger partial charge in [-0.3, -0.25) is 9.59 Å². The van der Waals surface area contributed by atoms with Gasteiger partial charge in [-0.15, -0.1) is 5.10 Å². The molecule has 0 atom stereocenters. The lowest BCUT2D eigenvalue weighted by atomic mass is 10.1. The molecule has 0 spiro atoms. The summed E-state index contributed by atoms with van der Waals surface area (Å²) in [5, 5.41) is 14.1. The smallest absolute Gasteiger partial charge is 0.369 e. The highest BCUT2D eigenvalue weighted by Gasteiger charge is 2.32. The van der Waals surface area contributed by atoms with Crippen LogP contribution >= 0.6 is 11.3 Å². The number of thiazole rings is 1. The van der Waals surface area contributed by atoms with E-state index >= 15 is 0 Å². The Kier molecular flexibility index (Phi) is 8.27. The van der Waals surface area contributed by atoms with Gasteiger partial charge in [-0.05, 0) is 49.4 Å². The van der Waals surface area contributed by atoms with Crippen molar-refractivity contribution in [2.75, 3.05) is 48.3 Å². The molecule has 2 N–H and O–H groups in total. The topological polar surface area (TPSA) is 108 Å². The van der Waals surface area contributed by atoms with Crippen LogP contribution in [0.4, 0.5) is 29.7 Å². The number of halogens is 3. The molecule has 2 aromatic carbocycles. The first kappa shape index (κ1) is 29.2. The van der Waals surface area contributed by atoms with Crippen LogP contribution in [0.15, 0.2) is 48.8 Å². The molecule has 0 bridgehead atoms. The third-order valence-electron chi connectivity index (χ3n) is 6.94. The Hall–Kier alpha value is -4.30. The van der Waals surface area contributed by atoms with Gasteiger partial charge < -0.3 is 20.4 Å². The molecule has 0 saturated carbocycles. The molecule has 2 aromatic heterocycles. The highest BCUT2D eigenvalue weighted by atomic mass is 32.1. The zero-order chi connectivity index (χ0) is 30.0. The number of benzene rings is 2. The quantitative estimate of drug-likeness (QED) is 0.306. The predicted octanol–water partition coefficient (Wildman–Crippen LogP) is 5.07. The van der Waals surface area contributed by atoms with E-state index in [1.165, 1.54) is 22.9 Å². The molecular formula is C28H29F3N8O2S. The number of amides is 2. The minimum absolute atomic E-state index is 0.0630. The summed E-state index contributed by atoms with van der Waals surface area (Å²) in [6, 6.07) is 8.61. The molecule has 5 rings (SSSR count). The number of alkyl halides is 3. The van der Waals surface area contributed by atoms with E-state index in [0.29, 0.717) is 40.2 Å². The van der Waals surface area contributed by atoms with Crippen molar-refractivity contribution in [2.45, 2.75) is 26.9 Å². The fourth-order valence-electron chi connectivity index (χ4n) is 4.65. The molecule has 1 saturated heterocycles. The fourth-order valence-corrected chi connectivity index (χ4v) is 5.46. The van der Waals surface area contributed by atoms with Crippen LogP contribution in [0.5, 0.6) is 0 Å². The summed E-state index contributed by atoms with van der Waals surface area (Å²) < 4.78 is 42.9. The van der Waals surface area contributed by atoms with Crippen LogP contribution in [0.2, 0.25) is 0 Å². The number of carbonyl (C=O) groups excluding carboxylic acids is 2. The molecule has 3 heterocycles. The average molecular weight is 599 g/mol. The van der Waals surface area contributed by atoms with Crippen molar-refractivity contribution < 1.29 is 22.8 Å². The SMILES string of the molecule is CCN1CCN(c2cc(NC(=O)c3ccc(C)c(-n4cc(-c5cnc(NC(C)=O)s5)nn4)c3)cc(C(F)(F)F)c2)CC1. The normalized spacial score (nSPS) is 14.2. The van der Waals surface area contributed by atoms with Crippen LogP contribution in [0.3, 0.4) is 0 Å². The summed E-state index contributed by atoms with van der Waals surface area (Å²) in [4.78, 5) is 33.5. The van der Waals surface area contributed by atoms with Crippen LogP contribution in [0.1, 0.15) is 35.3 Å². The van der Waals surface area contributed by atoms with Gasteiger partial charge >= 0.3 is 6.18 Å². The molecule has 1 fully saturated rings. The van der Waals surface area contributed by atoms with E-state index in [1.54, 1.807) is 36.7 Å². The lowest BCUT2D eigenvalue weighted by Gasteiger charge is -2.36. The molecule has 0 radical (unpaired) electrons. The van der Waals surface area contributed by atoms with Crippen LogP contribution in [-0.4, -0.2) is 69.4 Å². The van der Waals surface area contributed by atoms with Gasteiger partial charge in [0.15, 0.2) is 5.13 Å². The summed E-state index contributed by atoms with van der Waals surface area (Å²) in [5.41, 5.74) is 1.81. The first-order valence-corrected chi connectivity index (χ1v) is 14.1. The van der Waals surface area contributed by atoms with Gasteiger partial charge in [0.05, 0.1) is 22.3 Å². The van der Waals surface area contributed by atoms with Gasteiger partial charge in [-0.25, -0.2) is 9.67 Å². The largest absolute Gasteiger partial charge is 0.416 e. The van der Waals surface area contributed by atoms with E-state index in [0.717, 1.165) is 37.3 Å². The number of carbonyl (C=O) groups is 2. The van der Waals surface area contributed by atoms with Crippen LogP contribution < -0.4 is 15.5 Å². The molecule has 4 aromatic rings. The Morgan fingerprint density at radius 2 is 1.81 bits per heavy atom. The molecule has 1 aliphatic rings. The Labute approximate surface area is 244 Å². The Morgan fingerprint density at radius 1 is 1.05 bits per heavy atom. The van der Waals surface area contributed by atoms with E-state index in [-0.39, 0.29) is 17.2 Å². The Balaban J connectivity index is 1.38. The summed E-state index contributed by atoms with van der Waals surface area (Å²) in [7, 11) is 0. The molecule has 2 amide bonds. The van der Waals surface area contributed by atoms with E-state index < -0.39 is 17.6 Å². The van der Waals surface area contributed by atoms with Crippen molar-refractivity contribution in [3.63, 3.8) is 0 Å². The maximum absolute atomic E-state index is 13.8. The van der Waals surface area contributed by atoms with Crippen molar-refractivity contribution >= 4 is 39.7 Å². The van der Waals surface area contributed by atoms with E-state index in [9.17, 15) is 22.8 Å². The number of hydrogen-bond acceptors (Lipinski definition) is 8. The fraction of sp³-hybridized carbons (Fsp3) is 0.321. The number of hydrogen-bond donors (Lipinski definition) is 2. The number of aryl methyl sites for hydroxylation is 1. The number of anilines is 3. The zero-order valence-corrected chi connectivity index (χ0v) is 24.0. The standard InChI is InChI=1S/C28H29F3N8O2S/c1-4-37-7-9-38(10-8-37)22-13-20(28(29,30)31)12-21(14-22)34-26(41)19-6-5-17(2)24(11-19)39-16-23(35-36-39)25-15-32-27(42-25)33-18(3)40/h5-6,11-16H,4,7-10H2,1-3H3,(H,34,41)(H,32,33,40). The number of likely N-dealkylation sites (N-methyl/N-ethyl adjacent to an activating group) is 1. The van der Waals surface area contributed by atoms with Crippen molar-refractivity contribution in [3.05, 3.63) is 65.5 Å². The second-order valence-electron chi connectivity index (χ2n) is 9.90. The number of rotatable bonds is 7. The third kappa shape index (κ3) is 6.60. The van der Waals surface area contributed by atoms with Gasteiger partial charge in [0.25, 0.3) is 5.91 Å². The number of aromatic nitrogens is 4. The van der Waals surface area contributed by atoms with E-state index in [1.807, 2.05) is 11.8 Å². The van der Waals surface area contributed by atoms with Crippen molar-refractivity contribution in [2.24, 2.45) is 0 Å². The minimum Gasteiger partial charge on any atom is -0.369 e. The van der Waals surface area contributed by atoms with Crippen molar-refractivity contribution in [1.29, 1.82) is 0 Å². The lowest BCUT2D eigenvalue weighted by molar-refractivity contribution is -0.137. The third-order valence-corrected chi connectivity index (χ3v) is 7.88. The maximum Gasteiger partial charge on any atom is 0.416 e. The van der Waals surface area contributed by atoms with Gasteiger partial charge in [-0.2, -0.15) is 13.2 Å². The van der Waals surface area contributed by atoms with Crippen molar-refractivity contribution in [3.8, 4) is 16.3 Å². The first-order valence-electron chi connectivity index (χ1n) is 13.3. The Morgan fingerprint density at radius 3 is 2.50 bits per heavy atom. The number of nitrogens with one attached hydrogen (secondary N) is 2. The minimum atomic E-state index is -4.57. The molecule has 10 nitrogen and oxygen atoms in total. The summed E-state index contributed by atoms with van der Waals surface area (Å²) >= 11 is 1.24. The number of nitrogens with zero attached hydrogens (tertiary/aromatic N) is 6. The van der Waals surface area contributed by atoms with Crippen LogP contribution in [-0.2, 0) is 11.0 Å². The molecule has 0 unspecified atom stereocenters. The molecule has 42 heavy (non-hydrogen) atoms. The lowest BCUT2D eigenvalue weighted by Crippen LogP contribution is -2.46.